The Labute approximate surface area is 149 Å². The fourth-order valence-electron chi connectivity index (χ4n) is 3.09. The second-order valence-corrected chi connectivity index (χ2v) is 6.57. The first-order valence-electron chi connectivity index (χ1n) is 7.92. The molecule has 6 heteroatoms. The fourth-order valence-corrected chi connectivity index (χ4v) is 3.25. The lowest BCUT2D eigenvalue weighted by molar-refractivity contribution is -0.0885. The van der Waals surface area contributed by atoms with Crippen molar-refractivity contribution in [1.82, 2.24) is 0 Å². The van der Waals surface area contributed by atoms with Gasteiger partial charge < -0.3 is 19.3 Å². The molecule has 2 aromatic rings. The van der Waals surface area contributed by atoms with Crippen molar-refractivity contribution < 1.29 is 23.7 Å². The van der Waals surface area contributed by atoms with Crippen molar-refractivity contribution in [3.05, 3.63) is 64.4 Å². The molecule has 2 atom stereocenters. The second kappa shape index (κ2) is 6.02. The van der Waals surface area contributed by atoms with Crippen molar-refractivity contribution in [2.75, 3.05) is 6.61 Å². The van der Waals surface area contributed by atoms with Gasteiger partial charge in [-0.25, -0.2) is 4.39 Å². The van der Waals surface area contributed by atoms with Gasteiger partial charge in [0.05, 0.1) is 12.2 Å². The SMILES string of the molecule is CC1(c2ccc(Cl)cc2F)Oc2cccc(C3=CCC(O)OC3)c2O1. The predicted molar refractivity (Wildman–Crippen MR) is 91.0 cm³/mol. The van der Waals surface area contributed by atoms with E-state index in [4.69, 9.17) is 25.8 Å². The highest BCUT2D eigenvalue weighted by Crippen LogP contribution is 2.48. The van der Waals surface area contributed by atoms with E-state index in [2.05, 4.69) is 0 Å². The normalized spacial score (nSPS) is 25.0. The number of para-hydroxylation sites is 1. The molecule has 2 unspecified atom stereocenters. The van der Waals surface area contributed by atoms with E-state index in [1.807, 2.05) is 18.2 Å². The Morgan fingerprint density at radius 3 is 2.80 bits per heavy atom. The third kappa shape index (κ3) is 2.88. The summed E-state index contributed by atoms with van der Waals surface area (Å²) in [5, 5.41) is 9.79. The van der Waals surface area contributed by atoms with Crippen LogP contribution in [0.15, 0.2) is 42.5 Å². The number of ether oxygens (including phenoxy) is 3. The van der Waals surface area contributed by atoms with Gasteiger partial charge in [0.1, 0.15) is 5.82 Å². The summed E-state index contributed by atoms with van der Waals surface area (Å²) in [6.07, 6.45) is 1.53. The van der Waals surface area contributed by atoms with Crippen LogP contribution >= 0.6 is 11.6 Å². The van der Waals surface area contributed by atoms with Gasteiger partial charge in [-0.15, -0.1) is 0 Å². The molecule has 4 rings (SSSR count). The molecule has 0 fully saturated rings. The van der Waals surface area contributed by atoms with Crippen molar-refractivity contribution in [2.24, 2.45) is 0 Å². The average Bonchev–Trinajstić information content (AvgIpc) is 2.92. The van der Waals surface area contributed by atoms with E-state index in [0.29, 0.717) is 22.9 Å². The Bertz CT molecular complexity index is 866. The van der Waals surface area contributed by atoms with Gasteiger partial charge in [-0.1, -0.05) is 29.8 Å². The number of halogens is 2. The summed E-state index contributed by atoms with van der Waals surface area (Å²) in [6, 6.07) is 9.89. The van der Waals surface area contributed by atoms with Crippen LogP contribution in [0, 0.1) is 5.82 Å². The van der Waals surface area contributed by atoms with Crippen molar-refractivity contribution >= 4 is 17.2 Å². The number of benzene rings is 2. The number of rotatable bonds is 2. The summed E-state index contributed by atoms with van der Waals surface area (Å²) in [4.78, 5) is 0. The summed E-state index contributed by atoms with van der Waals surface area (Å²) >= 11 is 5.83. The first-order chi connectivity index (χ1) is 12.0. The molecule has 0 aromatic heterocycles. The van der Waals surface area contributed by atoms with Gasteiger partial charge in [-0.3, -0.25) is 0 Å². The third-order valence-electron chi connectivity index (χ3n) is 4.34. The number of hydrogen-bond donors (Lipinski definition) is 1. The van der Waals surface area contributed by atoms with E-state index in [1.165, 1.54) is 6.07 Å². The van der Waals surface area contributed by atoms with E-state index >= 15 is 0 Å². The Morgan fingerprint density at radius 1 is 1.24 bits per heavy atom. The second-order valence-electron chi connectivity index (χ2n) is 6.14. The molecule has 0 saturated heterocycles. The maximum Gasteiger partial charge on any atom is 0.278 e. The molecule has 2 aliphatic heterocycles. The third-order valence-corrected chi connectivity index (χ3v) is 4.58. The average molecular weight is 363 g/mol. The van der Waals surface area contributed by atoms with Gasteiger partial charge in [0.25, 0.3) is 5.79 Å². The molecule has 0 radical (unpaired) electrons. The van der Waals surface area contributed by atoms with Crippen LogP contribution in [0.25, 0.3) is 5.57 Å². The molecule has 1 N–H and O–H groups in total. The van der Waals surface area contributed by atoms with Gasteiger partial charge >= 0.3 is 0 Å². The molecule has 4 nitrogen and oxygen atoms in total. The van der Waals surface area contributed by atoms with Crippen LogP contribution in [0.1, 0.15) is 24.5 Å². The first kappa shape index (κ1) is 16.4. The molecular formula is C19H16ClFO4. The van der Waals surface area contributed by atoms with Gasteiger partial charge in [-0.2, -0.15) is 0 Å². The molecule has 0 aliphatic carbocycles. The van der Waals surface area contributed by atoms with Crippen LogP contribution in [0.4, 0.5) is 4.39 Å². The lowest BCUT2D eigenvalue weighted by atomic mass is 10.0. The van der Waals surface area contributed by atoms with Gasteiger partial charge in [0, 0.05) is 23.9 Å². The zero-order valence-electron chi connectivity index (χ0n) is 13.5. The van der Waals surface area contributed by atoms with Crippen LogP contribution < -0.4 is 9.47 Å². The summed E-state index contributed by atoms with van der Waals surface area (Å²) in [5.74, 6) is -0.720. The topological polar surface area (TPSA) is 47.9 Å². The monoisotopic (exact) mass is 362 g/mol. The molecule has 0 amide bonds. The molecule has 0 bridgehead atoms. The van der Waals surface area contributed by atoms with Gasteiger partial charge in [0.2, 0.25) is 0 Å². The van der Waals surface area contributed by atoms with E-state index < -0.39 is 17.9 Å². The van der Waals surface area contributed by atoms with E-state index in [9.17, 15) is 9.50 Å². The van der Waals surface area contributed by atoms with Crippen molar-refractivity contribution in [1.29, 1.82) is 0 Å². The maximum absolute atomic E-state index is 14.4. The number of fused-ring (bicyclic) bond motifs is 1. The minimum absolute atomic E-state index is 0.267. The summed E-state index contributed by atoms with van der Waals surface area (Å²) in [5.41, 5.74) is 1.97. The highest BCUT2D eigenvalue weighted by Gasteiger charge is 2.42. The van der Waals surface area contributed by atoms with E-state index in [1.54, 1.807) is 25.1 Å². The van der Waals surface area contributed by atoms with Crippen LogP contribution in [0.2, 0.25) is 5.02 Å². The van der Waals surface area contributed by atoms with Crippen molar-refractivity contribution in [3.8, 4) is 11.5 Å². The van der Waals surface area contributed by atoms with Crippen molar-refractivity contribution in [2.45, 2.75) is 25.4 Å². The zero-order chi connectivity index (χ0) is 17.6. The van der Waals surface area contributed by atoms with E-state index in [0.717, 1.165) is 11.1 Å². The Balaban J connectivity index is 1.72. The smallest absolute Gasteiger partial charge is 0.278 e. The molecule has 130 valence electrons. The Kier molecular flexibility index (Phi) is 3.95. The first-order valence-corrected chi connectivity index (χ1v) is 8.30. The summed E-state index contributed by atoms with van der Waals surface area (Å²) in [7, 11) is 0. The number of aliphatic hydroxyl groups excluding tert-OH is 1. The molecular weight excluding hydrogens is 347 g/mol. The highest BCUT2D eigenvalue weighted by molar-refractivity contribution is 6.30. The predicted octanol–water partition coefficient (Wildman–Crippen LogP) is 4.25. The molecule has 0 spiro atoms. The standard InChI is InChI=1S/C19H16ClFO4/c1-19(14-7-6-12(20)9-15(14)21)24-16-4-2-3-13(18(16)25-19)11-5-8-17(22)23-10-11/h2-7,9,17,22H,8,10H2,1H3. The van der Waals surface area contributed by atoms with E-state index in [-0.39, 0.29) is 12.2 Å². The molecule has 2 aliphatic rings. The number of aliphatic hydroxyl groups is 1. The quantitative estimate of drug-likeness (QED) is 0.867. The fraction of sp³-hybridized carbons (Fsp3) is 0.263. The van der Waals surface area contributed by atoms with Crippen LogP contribution in [-0.2, 0) is 10.5 Å². The molecule has 0 saturated carbocycles. The van der Waals surface area contributed by atoms with Crippen LogP contribution in [0.3, 0.4) is 0 Å². The minimum atomic E-state index is -1.29. The zero-order valence-corrected chi connectivity index (χ0v) is 14.2. The lowest BCUT2D eigenvalue weighted by Gasteiger charge is -2.24. The number of hydrogen-bond acceptors (Lipinski definition) is 4. The van der Waals surface area contributed by atoms with Gasteiger partial charge in [0.15, 0.2) is 17.8 Å². The summed E-state index contributed by atoms with van der Waals surface area (Å²) in [6.45, 7) is 1.94. The summed E-state index contributed by atoms with van der Waals surface area (Å²) < 4.78 is 31.6. The van der Waals surface area contributed by atoms with Gasteiger partial charge in [-0.05, 0) is 29.8 Å². The lowest BCUT2D eigenvalue weighted by Crippen LogP contribution is -2.32. The molecule has 25 heavy (non-hydrogen) atoms. The Morgan fingerprint density at radius 2 is 2.08 bits per heavy atom. The van der Waals surface area contributed by atoms with Crippen LogP contribution in [0.5, 0.6) is 11.5 Å². The van der Waals surface area contributed by atoms with Crippen LogP contribution in [-0.4, -0.2) is 18.0 Å². The largest absolute Gasteiger partial charge is 0.444 e. The molecule has 2 aromatic carbocycles. The van der Waals surface area contributed by atoms with Crippen molar-refractivity contribution in [3.63, 3.8) is 0 Å². The Hall–Kier alpha value is -2.08. The maximum atomic E-state index is 14.4. The minimum Gasteiger partial charge on any atom is -0.444 e. The highest BCUT2D eigenvalue weighted by atomic mass is 35.5. The molecule has 2 heterocycles.